The van der Waals surface area contributed by atoms with E-state index in [-0.39, 0.29) is 77.2 Å². The van der Waals surface area contributed by atoms with Gasteiger partial charge in [0.25, 0.3) is 0 Å². The van der Waals surface area contributed by atoms with E-state index in [2.05, 4.69) is 44.6 Å². The summed E-state index contributed by atoms with van der Waals surface area (Å²) < 4.78 is 89.2. The number of urea groups is 3. The molecule has 0 aliphatic carbocycles. The normalized spacial score (nSPS) is 15.9. The molecule has 600 valence electrons. The molecular formula is C78H66Cl4F5N21O6S3. The van der Waals surface area contributed by atoms with Crippen molar-refractivity contribution in [3.05, 3.63) is 195 Å². The number of nitrogen functional groups attached to an aromatic ring is 3. The molecule has 6 aliphatic rings. The molecule has 12 aromatic rings. The van der Waals surface area contributed by atoms with Gasteiger partial charge in [-0.3, -0.25) is 29.4 Å². The monoisotopic (exact) mass is 1720 g/mol. The standard InChI is InChI=1S/C26H22Cl2FN7O2S.2C26H22ClF2N7O2S/c27-17-3-2-16(14-18(17)28)35-7-8-36(26(35)37)21-13-15(1-4-19(21)29)23-22(20-5-6-31-24(30)32-20)33-25(39-23)34-9-11-38-12-10-34;27-17-14-16(2-4-18(17)28)35-7-8-36(26(35)37)21-13-15(1-3-19(21)29)23-22(20-5-6-31-24(30)32-20)33-25(39-23)34-9-11-38-12-10-34;27-17-14-16(28)2-4-20(17)35-7-8-36(26(35)37)21-13-15(1-3-18(21)29)23-22(19-5-6-31-24(30)32-19)33-25(39-23)34-9-11-38-12-10-34/h3*1-6,13-14H,7-12H2,(H2,30,31,32). The highest BCUT2D eigenvalue weighted by Gasteiger charge is 2.38. The molecule has 18 rings (SSSR count). The van der Waals surface area contributed by atoms with Crippen LogP contribution in [0.5, 0.6) is 0 Å². The van der Waals surface area contributed by atoms with Crippen LogP contribution in [0, 0.1) is 29.1 Å². The van der Waals surface area contributed by atoms with Crippen LogP contribution in [-0.2, 0) is 14.2 Å². The Morgan fingerprint density at radius 2 is 0.658 bits per heavy atom. The van der Waals surface area contributed by atoms with Crippen LogP contribution < -0.4 is 61.3 Å². The average molecular weight is 1730 g/mol. The molecule has 0 bridgehead atoms. The number of thiazole rings is 3. The Labute approximate surface area is 696 Å². The molecule has 6 N–H and O–H groups in total. The van der Waals surface area contributed by atoms with Crippen LogP contribution in [0.3, 0.4) is 0 Å². The molecule has 6 aromatic heterocycles. The summed E-state index contributed by atoms with van der Waals surface area (Å²) in [7, 11) is 0. The Bertz CT molecular complexity index is 5560. The maximum atomic E-state index is 15.2. The summed E-state index contributed by atoms with van der Waals surface area (Å²) in [5.74, 6) is -2.33. The largest absolute Gasteiger partial charge is 0.378 e. The van der Waals surface area contributed by atoms with Gasteiger partial charge in [-0.15, -0.1) is 0 Å². The number of amides is 6. The van der Waals surface area contributed by atoms with Crippen molar-refractivity contribution in [3.8, 4) is 65.5 Å². The lowest BCUT2D eigenvalue weighted by molar-refractivity contribution is 0.122. The molecule has 0 radical (unpaired) electrons. The zero-order valence-electron chi connectivity index (χ0n) is 61.4. The zero-order chi connectivity index (χ0) is 81.3. The maximum Gasteiger partial charge on any atom is 0.329 e. The van der Waals surface area contributed by atoms with E-state index in [4.69, 9.17) is 92.8 Å². The van der Waals surface area contributed by atoms with Crippen molar-refractivity contribution in [2.24, 2.45) is 0 Å². The Kier molecular flexibility index (Phi) is 23.5. The predicted molar refractivity (Wildman–Crippen MR) is 447 cm³/mol. The summed E-state index contributed by atoms with van der Waals surface area (Å²) in [5, 5.41) is 3.11. The first kappa shape index (κ1) is 79.6. The van der Waals surface area contributed by atoms with E-state index in [1.54, 1.807) is 96.3 Å². The van der Waals surface area contributed by atoms with Gasteiger partial charge in [0.05, 0.1) is 114 Å². The number of anilines is 12. The molecule has 6 saturated heterocycles. The van der Waals surface area contributed by atoms with E-state index in [0.717, 1.165) is 36.1 Å². The van der Waals surface area contributed by atoms with Crippen molar-refractivity contribution in [2.45, 2.75) is 0 Å². The number of carbonyl (C=O) groups is 3. The number of morpholine rings is 3. The Balaban J connectivity index is 0.000000131. The number of rotatable bonds is 15. The van der Waals surface area contributed by atoms with Gasteiger partial charge in [0.15, 0.2) is 15.4 Å². The van der Waals surface area contributed by atoms with Crippen molar-refractivity contribution < 1.29 is 50.5 Å². The number of hydrogen-bond donors (Lipinski definition) is 3. The lowest BCUT2D eigenvalue weighted by atomic mass is 10.1. The van der Waals surface area contributed by atoms with E-state index in [9.17, 15) is 23.2 Å². The molecule has 6 fully saturated rings. The minimum absolute atomic E-state index is 0.0916. The molecule has 39 heteroatoms. The third-order valence-corrected chi connectivity index (χ3v) is 24.4. The second kappa shape index (κ2) is 34.5. The third-order valence-electron chi connectivity index (χ3n) is 19.6. The van der Waals surface area contributed by atoms with Crippen LogP contribution in [-0.4, -0.2) is 181 Å². The third kappa shape index (κ3) is 16.9. The van der Waals surface area contributed by atoms with Crippen LogP contribution in [0.4, 0.5) is 104 Å². The fourth-order valence-electron chi connectivity index (χ4n) is 13.8. The number of carbonyl (C=O) groups excluding carboxylic acids is 3. The molecule has 6 aromatic carbocycles. The van der Waals surface area contributed by atoms with Gasteiger partial charge in [-0.05, 0) is 126 Å². The first-order valence-electron chi connectivity index (χ1n) is 36.5. The summed E-state index contributed by atoms with van der Waals surface area (Å²) in [4.78, 5) is 97.0. The molecule has 0 atom stereocenters. The minimum Gasteiger partial charge on any atom is -0.378 e. The minimum atomic E-state index is -0.579. The maximum absolute atomic E-state index is 15.2. The first-order chi connectivity index (χ1) is 56.7. The van der Waals surface area contributed by atoms with Crippen LogP contribution >= 0.6 is 80.4 Å². The molecule has 0 spiro atoms. The highest BCUT2D eigenvalue weighted by molar-refractivity contribution is 7.20. The molecule has 0 unspecified atom stereocenters. The molecule has 6 aliphatic heterocycles. The van der Waals surface area contributed by atoms with Crippen LogP contribution in [0.2, 0.25) is 20.1 Å². The highest BCUT2D eigenvalue weighted by atomic mass is 35.5. The number of nitrogens with two attached hydrogens (primary N) is 3. The van der Waals surface area contributed by atoms with Gasteiger partial charge in [0.1, 0.15) is 46.2 Å². The summed E-state index contributed by atoms with van der Waals surface area (Å²) >= 11 is 28.7. The SMILES string of the molecule is Nc1nccc(-c2nc(N3CCOCC3)sc2-c2ccc(F)c(N3CCN(c4ccc(Cl)c(Cl)c4)C3=O)c2)n1.Nc1nccc(-c2nc(N3CCOCC3)sc2-c2ccc(F)c(N3CCN(c4ccc(F)c(Cl)c4)C3=O)c2)n1.Nc1nccc(-c2nc(N3CCOCC3)sc2-c2ccc(F)c(N3CCN(c4ccc(F)cc4Cl)C3=O)c2)n1. The second-order valence-electron chi connectivity index (χ2n) is 26.8. The highest BCUT2D eigenvalue weighted by Crippen LogP contribution is 2.47. The van der Waals surface area contributed by atoms with Crippen LogP contribution in [0.25, 0.3) is 65.5 Å². The van der Waals surface area contributed by atoms with E-state index in [0.29, 0.717) is 170 Å². The van der Waals surface area contributed by atoms with Crippen molar-refractivity contribution in [2.75, 3.05) is 179 Å². The number of hydrogen-bond acceptors (Lipinski definition) is 24. The van der Waals surface area contributed by atoms with E-state index in [1.807, 2.05) is 0 Å². The Morgan fingerprint density at radius 1 is 0.325 bits per heavy atom. The van der Waals surface area contributed by atoms with Gasteiger partial charge < -0.3 is 46.1 Å². The van der Waals surface area contributed by atoms with Gasteiger partial charge in [0, 0.05) is 109 Å². The van der Waals surface area contributed by atoms with Gasteiger partial charge in [0.2, 0.25) is 17.8 Å². The van der Waals surface area contributed by atoms with E-state index in [1.165, 1.54) is 107 Å². The number of ether oxygens (including phenoxy) is 3. The summed E-state index contributed by atoms with van der Waals surface area (Å²) in [5.41, 5.74) is 24.8. The molecule has 117 heavy (non-hydrogen) atoms. The van der Waals surface area contributed by atoms with Crippen LogP contribution in [0.15, 0.2) is 146 Å². The second-order valence-corrected chi connectivity index (χ2v) is 31.3. The van der Waals surface area contributed by atoms with Gasteiger partial charge >= 0.3 is 18.1 Å². The lowest BCUT2D eigenvalue weighted by Crippen LogP contribution is -2.36. The van der Waals surface area contributed by atoms with Crippen molar-refractivity contribution in [3.63, 3.8) is 0 Å². The summed E-state index contributed by atoms with van der Waals surface area (Å²) in [6, 6.07) is 30.7. The average Bonchev–Trinajstić information content (AvgIpc) is 1.66. The number of halogens is 9. The molecule has 6 amide bonds. The molecule has 0 saturated carbocycles. The van der Waals surface area contributed by atoms with Crippen molar-refractivity contribution >= 4 is 166 Å². The lowest BCUT2D eigenvalue weighted by Gasteiger charge is -2.26. The Morgan fingerprint density at radius 3 is 1.01 bits per heavy atom. The molecule has 27 nitrogen and oxygen atoms in total. The Hall–Kier alpha value is -11.3. The van der Waals surface area contributed by atoms with Crippen molar-refractivity contribution in [1.29, 1.82) is 0 Å². The molecular weight excluding hydrogens is 1660 g/mol. The summed E-state index contributed by atoms with van der Waals surface area (Å²) in [6.45, 7) is 9.48. The van der Waals surface area contributed by atoms with Crippen molar-refractivity contribution in [1.82, 2.24) is 44.9 Å². The fourth-order valence-corrected chi connectivity index (χ4v) is 17.9. The van der Waals surface area contributed by atoms with Gasteiger partial charge in [-0.2, -0.15) is 0 Å². The van der Waals surface area contributed by atoms with Crippen LogP contribution in [0.1, 0.15) is 0 Å². The number of benzene rings is 6. The number of aromatic nitrogens is 9. The number of nitrogens with zero attached hydrogens (tertiary/aromatic N) is 18. The summed E-state index contributed by atoms with van der Waals surface area (Å²) in [6.07, 6.45) is 4.69. The predicted octanol–water partition coefficient (Wildman–Crippen LogP) is 15.7. The van der Waals surface area contributed by atoms with E-state index < -0.39 is 41.1 Å². The quantitative estimate of drug-likeness (QED) is 0.0803. The van der Waals surface area contributed by atoms with Gasteiger partial charge in [-0.25, -0.2) is 81.2 Å². The van der Waals surface area contributed by atoms with E-state index >= 15 is 13.2 Å². The smallest absolute Gasteiger partial charge is 0.329 e. The zero-order valence-corrected chi connectivity index (χ0v) is 66.9. The van der Waals surface area contributed by atoms with Gasteiger partial charge in [-0.1, -0.05) is 98.6 Å². The molecule has 12 heterocycles. The topological polar surface area (TPSA) is 302 Å². The first-order valence-corrected chi connectivity index (χ1v) is 40.4. The fraction of sp³-hybridized carbons (Fsp3) is 0.231.